The van der Waals surface area contributed by atoms with Gasteiger partial charge in [-0.05, 0) is 62.6 Å². The van der Waals surface area contributed by atoms with Gasteiger partial charge in [0.15, 0.2) is 0 Å². The Bertz CT molecular complexity index is 739. The van der Waals surface area contributed by atoms with Crippen molar-refractivity contribution in [3.05, 3.63) is 35.6 Å². The second-order valence-corrected chi connectivity index (χ2v) is 8.53. The van der Waals surface area contributed by atoms with Gasteiger partial charge >= 0.3 is 0 Å². The number of likely N-dealkylation sites (tertiary alicyclic amines) is 1. The molecule has 1 saturated carbocycles. The van der Waals surface area contributed by atoms with Gasteiger partial charge in [-0.3, -0.25) is 14.5 Å². The number of benzene rings is 1. The van der Waals surface area contributed by atoms with Gasteiger partial charge < -0.3 is 9.64 Å². The highest BCUT2D eigenvalue weighted by molar-refractivity contribution is 5.98. The number of carbonyl (C=O) groups excluding carboxylic acids is 2. The van der Waals surface area contributed by atoms with Crippen LogP contribution in [0.15, 0.2) is 24.3 Å². The Morgan fingerprint density at radius 3 is 2.54 bits per heavy atom. The van der Waals surface area contributed by atoms with E-state index in [2.05, 4.69) is 6.92 Å². The molecule has 2 amide bonds. The third-order valence-corrected chi connectivity index (χ3v) is 6.57. The summed E-state index contributed by atoms with van der Waals surface area (Å²) in [6, 6.07) is 5.11. The minimum absolute atomic E-state index is 0.0286. The van der Waals surface area contributed by atoms with Crippen LogP contribution in [0.4, 0.5) is 4.39 Å². The van der Waals surface area contributed by atoms with Gasteiger partial charge in [0.1, 0.15) is 17.6 Å². The Hall–Kier alpha value is -1.95. The molecule has 152 valence electrons. The van der Waals surface area contributed by atoms with Crippen molar-refractivity contribution in [3.8, 4) is 0 Å². The second kappa shape index (κ2) is 7.82. The molecule has 2 saturated heterocycles. The first-order chi connectivity index (χ1) is 13.5. The molecule has 1 aromatic carbocycles. The summed E-state index contributed by atoms with van der Waals surface area (Å²) in [4.78, 5) is 30.3. The number of hydrogen-bond acceptors (Lipinski definition) is 3. The van der Waals surface area contributed by atoms with Crippen molar-refractivity contribution < 1.29 is 18.7 Å². The van der Waals surface area contributed by atoms with E-state index >= 15 is 0 Å². The maximum atomic E-state index is 13.8. The van der Waals surface area contributed by atoms with Gasteiger partial charge in [0, 0.05) is 18.7 Å². The van der Waals surface area contributed by atoms with E-state index in [0.29, 0.717) is 5.92 Å². The second-order valence-electron chi connectivity index (χ2n) is 8.53. The van der Waals surface area contributed by atoms with Crippen LogP contribution in [0.25, 0.3) is 0 Å². The normalized spacial score (nSPS) is 25.3. The van der Waals surface area contributed by atoms with Crippen molar-refractivity contribution >= 4 is 11.8 Å². The smallest absolute Gasteiger partial charge is 0.256 e. The number of nitrogens with zero attached hydrogens (tertiary/aromatic N) is 2. The molecule has 1 spiro atoms. The first-order valence-electron chi connectivity index (χ1n) is 10.5. The van der Waals surface area contributed by atoms with E-state index in [1.54, 1.807) is 11.0 Å². The Labute approximate surface area is 165 Å². The Morgan fingerprint density at radius 2 is 1.86 bits per heavy atom. The van der Waals surface area contributed by atoms with E-state index in [1.165, 1.54) is 18.2 Å². The number of ether oxygens (including phenoxy) is 1. The summed E-state index contributed by atoms with van der Waals surface area (Å²) in [6.45, 7) is 3.89. The lowest BCUT2D eigenvalue weighted by atomic mass is 9.89. The molecule has 2 heterocycles. The first kappa shape index (κ1) is 19.4. The first-order valence-corrected chi connectivity index (χ1v) is 10.5. The predicted octanol–water partition coefficient (Wildman–Crippen LogP) is 3.59. The molecule has 1 atom stereocenters. The number of piperidine rings is 1. The summed E-state index contributed by atoms with van der Waals surface area (Å²) in [5.74, 6) is -0.156. The largest absolute Gasteiger partial charge is 0.353 e. The van der Waals surface area contributed by atoms with Crippen molar-refractivity contribution in [1.82, 2.24) is 9.80 Å². The van der Waals surface area contributed by atoms with Gasteiger partial charge in [-0.15, -0.1) is 0 Å². The van der Waals surface area contributed by atoms with Crippen LogP contribution in [0, 0.1) is 11.7 Å². The van der Waals surface area contributed by atoms with Crippen LogP contribution in [-0.4, -0.2) is 53.1 Å². The fourth-order valence-corrected chi connectivity index (χ4v) is 4.86. The topological polar surface area (TPSA) is 49.9 Å². The molecule has 0 radical (unpaired) electrons. The minimum atomic E-state index is -0.731. The number of hydrogen-bond donors (Lipinski definition) is 0. The molecule has 0 bridgehead atoms. The average molecular weight is 388 g/mol. The van der Waals surface area contributed by atoms with E-state index in [1.807, 2.05) is 4.90 Å². The summed E-state index contributed by atoms with van der Waals surface area (Å²) in [7, 11) is 0. The van der Waals surface area contributed by atoms with Crippen LogP contribution in [0.2, 0.25) is 0 Å². The zero-order valence-electron chi connectivity index (χ0n) is 16.5. The molecule has 4 rings (SSSR count). The van der Waals surface area contributed by atoms with Crippen LogP contribution >= 0.6 is 0 Å². The van der Waals surface area contributed by atoms with E-state index in [0.717, 1.165) is 58.0 Å². The van der Waals surface area contributed by atoms with Crippen molar-refractivity contribution in [1.29, 1.82) is 0 Å². The lowest BCUT2D eigenvalue weighted by Gasteiger charge is -2.42. The standard InChI is InChI=1S/C22H29FN2O3/c1-16-8-12-24(13-9-16)21(27)19-15-28-22(10-3-2-4-11-22)25(19)20(26)17-6-5-7-18(23)14-17/h5-7,14,16,19H,2-4,8-13,15H2,1H3. The quantitative estimate of drug-likeness (QED) is 0.778. The summed E-state index contributed by atoms with van der Waals surface area (Å²) in [5.41, 5.74) is -0.453. The molecule has 3 aliphatic rings. The zero-order valence-corrected chi connectivity index (χ0v) is 16.5. The molecule has 5 nitrogen and oxygen atoms in total. The Kier molecular flexibility index (Phi) is 5.41. The highest BCUT2D eigenvalue weighted by Gasteiger charge is 2.53. The molecule has 28 heavy (non-hydrogen) atoms. The fourth-order valence-electron chi connectivity index (χ4n) is 4.86. The van der Waals surface area contributed by atoms with Gasteiger partial charge in [0.2, 0.25) is 5.91 Å². The van der Waals surface area contributed by atoms with E-state index in [-0.39, 0.29) is 24.0 Å². The van der Waals surface area contributed by atoms with Crippen LogP contribution in [0.5, 0.6) is 0 Å². The van der Waals surface area contributed by atoms with Gasteiger partial charge in [-0.25, -0.2) is 4.39 Å². The molecule has 2 aliphatic heterocycles. The summed E-state index contributed by atoms with van der Waals surface area (Å²) < 4.78 is 19.9. The molecule has 3 fully saturated rings. The monoisotopic (exact) mass is 388 g/mol. The molecule has 1 aromatic rings. The van der Waals surface area contributed by atoms with E-state index in [9.17, 15) is 14.0 Å². The third kappa shape index (κ3) is 3.54. The lowest BCUT2D eigenvalue weighted by Crippen LogP contribution is -2.57. The number of amides is 2. The van der Waals surface area contributed by atoms with E-state index in [4.69, 9.17) is 4.74 Å². The molecule has 0 aromatic heterocycles. The Morgan fingerprint density at radius 1 is 1.14 bits per heavy atom. The average Bonchev–Trinajstić information content (AvgIpc) is 3.06. The zero-order chi connectivity index (χ0) is 19.7. The molecule has 1 unspecified atom stereocenters. The van der Waals surface area contributed by atoms with Gasteiger partial charge in [-0.1, -0.05) is 19.4 Å². The maximum Gasteiger partial charge on any atom is 0.256 e. The van der Waals surface area contributed by atoms with Crippen molar-refractivity contribution in [2.24, 2.45) is 5.92 Å². The highest BCUT2D eigenvalue weighted by Crippen LogP contribution is 2.42. The van der Waals surface area contributed by atoms with Crippen molar-refractivity contribution in [2.75, 3.05) is 19.7 Å². The fraction of sp³-hybridized carbons (Fsp3) is 0.636. The van der Waals surface area contributed by atoms with Gasteiger partial charge in [-0.2, -0.15) is 0 Å². The van der Waals surface area contributed by atoms with Crippen LogP contribution in [0.1, 0.15) is 62.2 Å². The van der Waals surface area contributed by atoms with Crippen LogP contribution < -0.4 is 0 Å². The van der Waals surface area contributed by atoms with Crippen LogP contribution in [-0.2, 0) is 9.53 Å². The summed E-state index contributed by atoms with van der Waals surface area (Å²) in [5, 5.41) is 0. The summed E-state index contributed by atoms with van der Waals surface area (Å²) in [6.07, 6.45) is 6.48. The number of halogens is 1. The van der Waals surface area contributed by atoms with Crippen LogP contribution in [0.3, 0.4) is 0 Å². The molecule has 1 aliphatic carbocycles. The predicted molar refractivity (Wildman–Crippen MR) is 103 cm³/mol. The minimum Gasteiger partial charge on any atom is -0.353 e. The van der Waals surface area contributed by atoms with Crippen molar-refractivity contribution in [3.63, 3.8) is 0 Å². The van der Waals surface area contributed by atoms with Crippen molar-refractivity contribution in [2.45, 2.75) is 63.6 Å². The van der Waals surface area contributed by atoms with Gasteiger partial charge in [0.05, 0.1) is 6.61 Å². The van der Waals surface area contributed by atoms with E-state index < -0.39 is 17.6 Å². The third-order valence-electron chi connectivity index (χ3n) is 6.57. The molecular formula is C22H29FN2O3. The maximum absolute atomic E-state index is 13.8. The highest BCUT2D eigenvalue weighted by atomic mass is 19.1. The molecular weight excluding hydrogens is 359 g/mol. The lowest BCUT2D eigenvalue weighted by molar-refractivity contribution is -0.138. The molecule has 6 heteroatoms. The Balaban J connectivity index is 1.63. The van der Waals surface area contributed by atoms with Gasteiger partial charge in [0.25, 0.3) is 5.91 Å². The number of rotatable bonds is 2. The molecule has 0 N–H and O–H groups in total. The summed E-state index contributed by atoms with van der Waals surface area (Å²) >= 11 is 0. The number of carbonyl (C=O) groups is 2. The SMILES string of the molecule is CC1CCN(C(=O)C2COC3(CCCCC3)N2C(=O)c2cccc(F)c2)CC1.